The molecule has 2 heterocycles. The number of Topliss-reactive ketones (excluding diaryl/α,β-unsaturated/α-hetero) is 2. The van der Waals surface area contributed by atoms with Crippen LogP contribution in [0.3, 0.4) is 0 Å². The summed E-state index contributed by atoms with van der Waals surface area (Å²) >= 11 is 0. The molecule has 186 valence electrons. The summed E-state index contributed by atoms with van der Waals surface area (Å²) in [4.78, 5) is 66.6. The summed E-state index contributed by atoms with van der Waals surface area (Å²) in [5, 5.41) is 2.80. The molecule has 1 aliphatic heterocycles. The number of aromatic nitrogens is 1. The lowest BCUT2D eigenvalue weighted by Gasteiger charge is -2.40. The van der Waals surface area contributed by atoms with E-state index in [0.717, 1.165) is 17.7 Å². The van der Waals surface area contributed by atoms with Gasteiger partial charge in [0.15, 0.2) is 11.9 Å². The van der Waals surface area contributed by atoms with E-state index in [1.807, 2.05) is 0 Å². The van der Waals surface area contributed by atoms with Crippen molar-refractivity contribution in [2.45, 2.75) is 85.8 Å². The number of aryl methyl sites for hydroxylation is 1. The molecule has 2 aliphatic rings. The van der Waals surface area contributed by atoms with Gasteiger partial charge < -0.3 is 15.0 Å². The predicted octanol–water partition coefficient (Wildman–Crippen LogP) is 3.48. The van der Waals surface area contributed by atoms with Gasteiger partial charge in [0.05, 0.1) is 5.69 Å². The zero-order valence-corrected chi connectivity index (χ0v) is 21.1. The molecule has 9 heteroatoms. The van der Waals surface area contributed by atoms with Gasteiger partial charge >= 0.3 is 12.0 Å². The number of aromatic amines is 1. The average molecular weight is 474 g/mol. The third-order valence-electron chi connectivity index (χ3n) is 7.31. The number of ketones is 2. The number of urea groups is 1. The van der Waals surface area contributed by atoms with Crippen LogP contribution in [-0.4, -0.2) is 57.5 Å². The van der Waals surface area contributed by atoms with Crippen LogP contribution in [0, 0.1) is 25.2 Å². The molecule has 3 rings (SSSR count). The van der Waals surface area contributed by atoms with Crippen LogP contribution in [0.25, 0.3) is 0 Å². The molecular formula is C25H35N3O6. The van der Waals surface area contributed by atoms with Crippen molar-refractivity contribution in [1.82, 2.24) is 15.2 Å². The minimum Gasteiger partial charge on any atom is -0.453 e. The second-order valence-electron chi connectivity index (χ2n) is 10.7. The minimum atomic E-state index is -1.15. The molecule has 0 aromatic carbocycles. The summed E-state index contributed by atoms with van der Waals surface area (Å²) in [6.45, 7) is 12.1. The molecule has 1 atom stereocenters. The zero-order valence-electron chi connectivity index (χ0n) is 21.1. The van der Waals surface area contributed by atoms with Crippen molar-refractivity contribution in [3.05, 3.63) is 22.5 Å². The molecule has 0 radical (unpaired) electrons. The fourth-order valence-corrected chi connectivity index (χ4v) is 5.28. The van der Waals surface area contributed by atoms with Crippen molar-refractivity contribution >= 4 is 29.5 Å². The van der Waals surface area contributed by atoms with Gasteiger partial charge in [-0.05, 0) is 70.3 Å². The van der Waals surface area contributed by atoms with E-state index >= 15 is 0 Å². The SMILES string of the molecule is CC(=O)c1c(C)[nH]c(C(=O)C(C)OC(=O)CN2C(=O)NC3(CCC(C(C)(C)C)CC3)C2=O)c1C. The predicted molar refractivity (Wildman–Crippen MR) is 125 cm³/mol. The first-order valence-electron chi connectivity index (χ1n) is 11.8. The topological polar surface area (TPSA) is 126 Å². The van der Waals surface area contributed by atoms with E-state index in [9.17, 15) is 24.0 Å². The number of carbonyl (C=O) groups is 5. The Labute approximate surface area is 200 Å². The van der Waals surface area contributed by atoms with Gasteiger partial charge in [0.2, 0.25) is 5.78 Å². The van der Waals surface area contributed by atoms with E-state index in [-0.39, 0.29) is 16.9 Å². The molecule has 1 aliphatic carbocycles. The van der Waals surface area contributed by atoms with Crippen molar-refractivity contribution < 1.29 is 28.7 Å². The summed E-state index contributed by atoms with van der Waals surface area (Å²) in [5.74, 6) is -1.47. The van der Waals surface area contributed by atoms with E-state index in [2.05, 4.69) is 31.1 Å². The number of ether oxygens (including phenoxy) is 1. The van der Waals surface area contributed by atoms with Gasteiger partial charge in [-0.25, -0.2) is 4.79 Å². The number of nitrogens with one attached hydrogen (secondary N) is 2. The fraction of sp³-hybridized carbons (Fsp3) is 0.640. The Morgan fingerprint density at radius 1 is 1.15 bits per heavy atom. The highest BCUT2D eigenvalue weighted by atomic mass is 16.5. The number of amides is 3. The number of esters is 1. The number of rotatable bonds is 6. The fourth-order valence-electron chi connectivity index (χ4n) is 5.28. The summed E-state index contributed by atoms with van der Waals surface area (Å²) in [6.07, 6.45) is 1.54. The summed E-state index contributed by atoms with van der Waals surface area (Å²) < 4.78 is 5.26. The van der Waals surface area contributed by atoms with Crippen molar-refractivity contribution in [3.8, 4) is 0 Å². The molecule has 9 nitrogen and oxygen atoms in total. The standard InChI is InChI=1S/C25H35N3O6/c1-13-19(15(3)29)14(2)26-20(13)21(31)16(4)34-18(30)12-28-22(32)25(27-23(28)33)10-8-17(9-11-25)24(5,6)7/h16-17,26H,8-12H2,1-7H3,(H,27,33). The molecule has 1 saturated carbocycles. The molecule has 1 aromatic heterocycles. The van der Waals surface area contributed by atoms with Gasteiger partial charge in [-0.3, -0.25) is 24.1 Å². The molecule has 2 N–H and O–H groups in total. The number of imide groups is 1. The number of H-pyrrole nitrogens is 1. The van der Waals surface area contributed by atoms with E-state index in [0.29, 0.717) is 35.6 Å². The first kappa shape index (κ1) is 25.6. The van der Waals surface area contributed by atoms with Crippen LogP contribution in [0.15, 0.2) is 0 Å². The highest BCUT2D eigenvalue weighted by Gasteiger charge is 2.53. The minimum absolute atomic E-state index is 0.126. The Morgan fingerprint density at radius 3 is 2.24 bits per heavy atom. The third kappa shape index (κ3) is 4.65. The summed E-state index contributed by atoms with van der Waals surface area (Å²) in [5.41, 5.74) is 0.862. The Balaban J connectivity index is 1.63. The second kappa shape index (κ2) is 9.00. The number of carbonyl (C=O) groups excluding carboxylic acids is 5. The Kier molecular flexibility index (Phi) is 6.79. The van der Waals surface area contributed by atoms with Gasteiger partial charge in [-0.2, -0.15) is 0 Å². The Bertz CT molecular complexity index is 1040. The Hall–Kier alpha value is -2.97. The maximum atomic E-state index is 13.1. The van der Waals surface area contributed by atoms with Gasteiger partial charge in [0.25, 0.3) is 5.91 Å². The third-order valence-corrected chi connectivity index (χ3v) is 7.31. The van der Waals surface area contributed by atoms with Gasteiger partial charge in [0.1, 0.15) is 12.1 Å². The van der Waals surface area contributed by atoms with Crippen LogP contribution in [0.4, 0.5) is 4.79 Å². The summed E-state index contributed by atoms with van der Waals surface area (Å²) in [6, 6.07) is -0.614. The van der Waals surface area contributed by atoms with Crippen molar-refractivity contribution in [3.63, 3.8) is 0 Å². The van der Waals surface area contributed by atoms with Gasteiger partial charge in [0, 0.05) is 11.3 Å². The molecular weight excluding hydrogens is 438 g/mol. The first-order chi connectivity index (χ1) is 15.7. The molecule has 3 amide bonds. The van der Waals surface area contributed by atoms with E-state index in [1.165, 1.54) is 13.8 Å². The average Bonchev–Trinajstić information content (AvgIpc) is 3.14. The molecule has 34 heavy (non-hydrogen) atoms. The van der Waals surface area contributed by atoms with Crippen LogP contribution in [-0.2, 0) is 14.3 Å². The normalized spacial score (nSPS) is 23.7. The number of hydrogen-bond acceptors (Lipinski definition) is 6. The maximum absolute atomic E-state index is 13.1. The molecule has 0 bridgehead atoms. The van der Waals surface area contributed by atoms with Crippen LogP contribution in [0.2, 0.25) is 0 Å². The lowest BCUT2D eigenvalue weighted by Crippen LogP contribution is -2.50. The van der Waals surface area contributed by atoms with Crippen LogP contribution in [0.1, 0.15) is 92.4 Å². The Morgan fingerprint density at radius 2 is 1.74 bits per heavy atom. The van der Waals surface area contributed by atoms with Crippen molar-refractivity contribution in [1.29, 1.82) is 0 Å². The van der Waals surface area contributed by atoms with Crippen LogP contribution >= 0.6 is 0 Å². The summed E-state index contributed by atoms with van der Waals surface area (Å²) in [7, 11) is 0. The second-order valence-corrected chi connectivity index (χ2v) is 10.7. The molecule has 1 saturated heterocycles. The highest BCUT2D eigenvalue weighted by Crippen LogP contribution is 2.43. The molecule has 1 spiro atoms. The van der Waals surface area contributed by atoms with E-state index in [1.54, 1.807) is 13.8 Å². The highest BCUT2D eigenvalue weighted by molar-refractivity contribution is 6.09. The van der Waals surface area contributed by atoms with Gasteiger partial charge in [-0.1, -0.05) is 20.8 Å². The smallest absolute Gasteiger partial charge is 0.326 e. The van der Waals surface area contributed by atoms with Crippen LogP contribution in [0.5, 0.6) is 0 Å². The van der Waals surface area contributed by atoms with Crippen molar-refractivity contribution in [2.24, 2.45) is 11.3 Å². The van der Waals surface area contributed by atoms with Crippen LogP contribution < -0.4 is 5.32 Å². The lowest BCUT2D eigenvalue weighted by molar-refractivity contribution is -0.150. The first-order valence-corrected chi connectivity index (χ1v) is 11.8. The molecule has 1 aromatic rings. The number of hydrogen-bond donors (Lipinski definition) is 2. The van der Waals surface area contributed by atoms with E-state index < -0.39 is 41.9 Å². The number of nitrogens with zero attached hydrogens (tertiary/aromatic N) is 1. The zero-order chi connectivity index (χ0) is 25.6. The maximum Gasteiger partial charge on any atom is 0.326 e. The lowest BCUT2D eigenvalue weighted by atomic mass is 9.67. The van der Waals surface area contributed by atoms with E-state index in [4.69, 9.17) is 4.74 Å². The molecule has 2 fully saturated rings. The largest absolute Gasteiger partial charge is 0.453 e. The quantitative estimate of drug-likeness (QED) is 0.370. The molecule has 1 unspecified atom stereocenters. The monoisotopic (exact) mass is 473 g/mol. The van der Waals surface area contributed by atoms with Gasteiger partial charge in [-0.15, -0.1) is 0 Å². The van der Waals surface area contributed by atoms with Crippen molar-refractivity contribution in [2.75, 3.05) is 6.54 Å².